The number of thiazole rings is 1. The lowest BCUT2D eigenvalue weighted by atomic mass is 10.3. The summed E-state index contributed by atoms with van der Waals surface area (Å²) >= 11 is 5.07. The molecule has 0 aliphatic carbocycles. The number of rotatable bonds is 6. The molecule has 20 heavy (non-hydrogen) atoms. The van der Waals surface area contributed by atoms with Crippen LogP contribution in [0.25, 0.3) is 0 Å². The highest BCUT2D eigenvalue weighted by Gasteiger charge is 2.08. The molecular formula is C14H17BrFN3S. The van der Waals surface area contributed by atoms with Crippen molar-refractivity contribution in [2.45, 2.75) is 20.4 Å². The first-order chi connectivity index (χ1) is 9.63. The predicted octanol–water partition coefficient (Wildman–Crippen LogP) is 4.50. The van der Waals surface area contributed by atoms with Gasteiger partial charge in [-0.3, -0.25) is 0 Å². The van der Waals surface area contributed by atoms with E-state index in [0.29, 0.717) is 6.54 Å². The number of nitrogens with one attached hydrogen (secondary N) is 1. The van der Waals surface area contributed by atoms with Crippen LogP contribution >= 0.6 is 27.3 Å². The second-order valence-corrected chi connectivity index (χ2v) is 6.21. The summed E-state index contributed by atoms with van der Waals surface area (Å²) in [5.41, 5.74) is 0.753. The van der Waals surface area contributed by atoms with E-state index >= 15 is 0 Å². The van der Waals surface area contributed by atoms with Crippen molar-refractivity contribution in [2.75, 3.05) is 23.3 Å². The van der Waals surface area contributed by atoms with Crippen molar-refractivity contribution < 1.29 is 4.39 Å². The summed E-state index contributed by atoms with van der Waals surface area (Å²) in [6.07, 6.45) is 1.87. The highest BCUT2D eigenvalue weighted by atomic mass is 79.9. The first kappa shape index (κ1) is 15.3. The van der Waals surface area contributed by atoms with Gasteiger partial charge >= 0.3 is 0 Å². The molecule has 1 aromatic heterocycles. The second-order valence-electron chi connectivity index (χ2n) is 4.26. The van der Waals surface area contributed by atoms with Gasteiger partial charge in [-0.15, -0.1) is 11.3 Å². The van der Waals surface area contributed by atoms with Crippen molar-refractivity contribution >= 4 is 38.1 Å². The molecule has 0 aliphatic heterocycles. The van der Waals surface area contributed by atoms with E-state index in [1.165, 1.54) is 12.1 Å². The average molecular weight is 358 g/mol. The van der Waals surface area contributed by atoms with Crippen molar-refractivity contribution in [3.63, 3.8) is 0 Å². The molecule has 0 amide bonds. The van der Waals surface area contributed by atoms with Crippen LogP contribution in [-0.4, -0.2) is 18.1 Å². The van der Waals surface area contributed by atoms with Gasteiger partial charge in [0, 0.05) is 28.6 Å². The van der Waals surface area contributed by atoms with Gasteiger partial charge in [-0.1, -0.05) is 0 Å². The lowest BCUT2D eigenvalue weighted by molar-refractivity contribution is 0.628. The molecule has 1 N–H and O–H groups in total. The van der Waals surface area contributed by atoms with Crippen LogP contribution in [0.4, 0.5) is 15.2 Å². The van der Waals surface area contributed by atoms with Crippen LogP contribution in [0.15, 0.2) is 28.9 Å². The third kappa shape index (κ3) is 3.70. The maximum atomic E-state index is 13.2. The van der Waals surface area contributed by atoms with Gasteiger partial charge in [0.2, 0.25) is 0 Å². The summed E-state index contributed by atoms with van der Waals surface area (Å²) in [7, 11) is 0. The minimum absolute atomic E-state index is 0.246. The molecule has 0 atom stereocenters. The second kappa shape index (κ2) is 7.04. The number of nitrogens with zero attached hydrogens (tertiary/aromatic N) is 2. The van der Waals surface area contributed by atoms with E-state index in [9.17, 15) is 4.39 Å². The Hall–Kier alpha value is -1.14. The molecule has 2 aromatic rings. The molecule has 0 saturated carbocycles. The van der Waals surface area contributed by atoms with Gasteiger partial charge in [-0.2, -0.15) is 0 Å². The number of anilines is 2. The molecule has 0 saturated heterocycles. The summed E-state index contributed by atoms with van der Waals surface area (Å²) in [6, 6.07) is 4.61. The maximum absolute atomic E-state index is 13.2. The van der Waals surface area contributed by atoms with E-state index in [2.05, 4.69) is 45.0 Å². The monoisotopic (exact) mass is 357 g/mol. The van der Waals surface area contributed by atoms with Crippen LogP contribution in [0.2, 0.25) is 0 Å². The number of hydrogen-bond donors (Lipinski definition) is 1. The Morgan fingerprint density at radius 3 is 2.80 bits per heavy atom. The Kier molecular flexibility index (Phi) is 5.37. The Morgan fingerprint density at radius 2 is 2.10 bits per heavy atom. The number of hydrogen-bond acceptors (Lipinski definition) is 4. The number of halogens is 2. The third-order valence-corrected chi connectivity index (χ3v) is 4.71. The minimum Gasteiger partial charge on any atom is -0.379 e. The zero-order valence-electron chi connectivity index (χ0n) is 11.5. The standard InChI is InChI=1S/C14H17BrFN3S/c1-3-19(4-2)14-18-9-11(20-14)8-17-13-7-10(16)5-6-12(13)15/h5-7,9,17H,3-4,8H2,1-2H3. The van der Waals surface area contributed by atoms with E-state index in [1.807, 2.05) is 6.20 Å². The van der Waals surface area contributed by atoms with Gasteiger partial charge in [0.15, 0.2) is 5.13 Å². The van der Waals surface area contributed by atoms with Crippen LogP contribution < -0.4 is 10.2 Å². The van der Waals surface area contributed by atoms with Crippen molar-refractivity contribution in [3.8, 4) is 0 Å². The van der Waals surface area contributed by atoms with Crippen molar-refractivity contribution in [1.29, 1.82) is 0 Å². The Balaban J connectivity index is 2.02. The first-order valence-corrected chi connectivity index (χ1v) is 8.13. The Bertz CT molecular complexity index is 569. The zero-order valence-corrected chi connectivity index (χ0v) is 13.9. The highest BCUT2D eigenvalue weighted by molar-refractivity contribution is 9.10. The van der Waals surface area contributed by atoms with Crippen LogP contribution in [0.5, 0.6) is 0 Å². The van der Waals surface area contributed by atoms with E-state index in [4.69, 9.17) is 0 Å². The molecule has 0 radical (unpaired) electrons. The quantitative estimate of drug-likeness (QED) is 0.824. The van der Waals surface area contributed by atoms with Gasteiger partial charge < -0.3 is 10.2 Å². The molecule has 0 bridgehead atoms. The van der Waals surface area contributed by atoms with Crippen molar-refractivity contribution in [3.05, 3.63) is 39.6 Å². The summed E-state index contributed by atoms with van der Waals surface area (Å²) in [5.74, 6) is -0.246. The average Bonchev–Trinajstić information content (AvgIpc) is 2.90. The van der Waals surface area contributed by atoms with Crippen LogP contribution in [0.1, 0.15) is 18.7 Å². The first-order valence-electron chi connectivity index (χ1n) is 6.52. The Morgan fingerprint density at radius 1 is 1.35 bits per heavy atom. The van der Waals surface area contributed by atoms with E-state index in [-0.39, 0.29) is 5.82 Å². The highest BCUT2D eigenvalue weighted by Crippen LogP contribution is 2.26. The van der Waals surface area contributed by atoms with Gasteiger partial charge in [0.1, 0.15) is 5.82 Å². The van der Waals surface area contributed by atoms with Gasteiger partial charge in [0.05, 0.1) is 12.2 Å². The SMILES string of the molecule is CCN(CC)c1ncc(CNc2cc(F)ccc2Br)s1. The lowest BCUT2D eigenvalue weighted by Crippen LogP contribution is -2.21. The van der Waals surface area contributed by atoms with E-state index in [1.54, 1.807) is 17.4 Å². The molecule has 0 aliphatic rings. The molecule has 6 heteroatoms. The zero-order chi connectivity index (χ0) is 14.5. The Labute approximate surface area is 131 Å². The van der Waals surface area contributed by atoms with Crippen molar-refractivity contribution in [1.82, 2.24) is 4.98 Å². The van der Waals surface area contributed by atoms with Gasteiger partial charge in [-0.25, -0.2) is 9.37 Å². The molecule has 0 spiro atoms. The fourth-order valence-corrected chi connectivity index (χ4v) is 3.20. The third-order valence-electron chi connectivity index (χ3n) is 2.96. The predicted molar refractivity (Wildman–Crippen MR) is 87.1 cm³/mol. The number of benzene rings is 1. The molecule has 2 rings (SSSR count). The molecular weight excluding hydrogens is 341 g/mol. The molecule has 1 aromatic carbocycles. The summed E-state index contributed by atoms with van der Waals surface area (Å²) < 4.78 is 14.1. The summed E-state index contributed by atoms with van der Waals surface area (Å²) in [5, 5.41) is 4.26. The topological polar surface area (TPSA) is 28.2 Å². The lowest BCUT2D eigenvalue weighted by Gasteiger charge is -2.16. The van der Waals surface area contributed by atoms with E-state index in [0.717, 1.165) is 33.3 Å². The van der Waals surface area contributed by atoms with E-state index < -0.39 is 0 Å². The molecule has 1 heterocycles. The molecule has 108 valence electrons. The number of aromatic nitrogens is 1. The summed E-state index contributed by atoms with van der Waals surface area (Å²) in [4.78, 5) is 7.77. The van der Waals surface area contributed by atoms with Crippen LogP contribution in [0, 0.1) is 5.82 Å². The minimum atomic E-state index is -0.246. The smallest absolute Gasteiger partial charge is 0.185 e. The summed E-state index contributed by atoms with van der Waals surface area (Å²) in [6.45, 7) is 6.78. The molecule has 0 fully saturated rings. The van der Waals surface area contributed by atoms with Crippen molar-refractivity contribution in [2.24, 2.45) is 0 Å². The normalized spacial score (nSPS) is 10.6. The van der Waals surface area contributed by atoms with Crippen LogP contribution in [0.3, 0.4) is 0 Å². The van der Waals surface area contributed by atoms with Crippen LogP contribution in [-0.2, 0) is 6.54 Å². The maximum Gasteiger partial charge on any atom is 0.185 e. The largest absolute Gasteiger partial charge is 0.379 e. The molecule has 0 unspecified atom stereocenters. The van der Waals surface area contributed by atoms with Gasteiger partial charge in [0.25, 0.3) is 0 Å². The fourth-order valence-electron chi connectivity index (χ4n) is 1.83. The van der Waals surface area contributed by atoms with Gasteiger partial charge in [-0.05, 0) is 48.0 Å². The molecule has 3 nitrogen and oxygen atoms in total. The fraction of sp³-hybridized carbons (Fsp3) is 0.357.